The quantitative estimate of drug-likeness (QED) is 0.813. The molecule has 2 N–H and O–H groups in total. The van der Waals surface area contributed by atoms with Crippen LogP contribution in [0.15, 0.2) is 36.4 Å². The lowest BCUT2D eigenvalue weighted by molar-refractivity contribution is 0.153. The van der Waals surface area contributed by atoms with Crippen molar-refractivity contribution in [3.8, 4) is 0 Å². The van der Waals surface area contributed by atoms with Gasteiger partial charge in [0, 0.05) is 19.2 Å². The highest BCUT2D eigenvalue weighted by molar-refractivity contribution is 6.29. The Morgan fingerprint density at radius 3 is 2.92 bits per heavy atom. The number of halogens is 1. The Hall–Kier alpha value is -2.38. The van der Waals surface area contributed by atoms with Gasteiger partial charge in [0.2, 0.25) is 5.95 Å². The molecule has 1 fully saturated rings. The highest BCUT2D eigenvalue weighted by Crippen LogP contribution is 2.22. The molecule has 3 rings (SSSR count). The van der Waals surface area contributed by atoms with Gasteiger partial charge in [0.15, 0.2) is 0 Å². The highest BCUT2D eigenvalue weighted by Gasteiger charge is 2.20. The number of hydrogen-bond donors (Lipinski definition) is 2. The summed E-state index contributed by atoms with van der Waals surface area (Å²) in [4.78, 5) is 22.1. The summed E-state index contributed by atoms with van der Waals surface area (Å²) in [5, 5.41) is 12.5. The number of rotatable bonds is 4. The number of carbonyl (C=O) groups excluding carboxylic acids is 1. The van der Waals surface area contributed by atoms with Gasteiger partial charge < -0.3 is 14.7 Å². The van der Waals surface area contributed by atoms with E-state index in [-0.39, 0.29) is 17.7 Å². The molecule has 1 amide bonds. The first-order chi connectivity index (χ1) is 12.1. The third-order valence-corrected chi connectivity index (χ3v) is 4.02. The smallest absolute Gasteiger partial charge is 0.414 e. The molecular weight excluding hydrogens is 344 g/mol. The van der Waals surface area contributed by atoms with Crippen LogP contribution in [0.5, 0.6) is 0 Å². The van der Waals surface area contributed by atoms with E-state index in [9.17, 15) is 9.90 Å². The molecule has 1 unspecified atom stereocenters. The summed E-state index contributed by atoms with van der Waals surface area (Å²) in [5.74, 6) is 0.637. The molecule has 25 heavy (non-hydrogen) atoms. The Morgan fingerprint density at radius 1 is 1.36 bits per heavy atom. The van der Waals surface area contributed by atoms with Crippen LogP contribution >= 0.6 is 11.6 Å². The lowest BCUT2D eigenvalue weighted by atomic mass is 10.1. The molecule has 1 atom stereocenters. The van der Waals surface area contributed by atoms with E-state index < -0.39 is 12.2 Å². The van der Waals surface area contributed by atoms with Crippen LogP contribution in [0.25, 0.3) is 0 Å². The van der Waals surface area contributed by atoms with E-state index in [4.69, 9.17) is 16.3 Å². The number of β-amino-alcohol motifs (C(OH)–C–C–N with tert-alkyl or cyclic N) is 1. The SMILES string of the molecule is O=C(Nc1nc(Cl)cc(N2CCCC(O)C2)n1)OCc1ccccc1. The highest BCUT2D eigenvalue weighted by atomic mass is 35.5. The molecule has 2 aromatic rings. The summed E-state index contributed by atoms with van der Waals surface area (Å²) in [5.41, 5.74) is 0.882. The van der Waals surface area contributed by atoms with E-state index >= 15 is 0 Å². The number of nitrogens with zero attached hydrogens (tertiary/aromatic N) is 3. The first-order valence-electron chi connectivity index (χ1n) is 8.05. The summed E-state index contributed by atoms with van der Waals surface area (Å²) in [6, 6.07) is 11.0. The molecule has 1 aromatic heterocycles. The van der Waals surface area contributed by atoms with Crippen molar-refractivity contribution in [2.45, 2.75) is 25.6 Å². The molecule has 2 heterocycles. The number of aliphatic hydroxyl groups excluding tert-OH is 1. The van der Waals surface area contributed by atoms with Gasteiger partial charge in [-0.25, -0.2) is 9.78 Å². The predicted molar refractivity (Wildman–Crippen MR) is 94.7 cm³/mol. The fourth-order valence-electron chi connectivity index (χ4n) is 2.64. The fraction of sp³-hybridized carbons (Fsp3) is 0.353. The maximum Gasteiger partial charge on any atom is 0.414 e. The molecule has 1 aliphatic heterocycles. The Labute approximate surface area is 150 Å². The largest absolute Gasteiger partial charge is 0.444 e. The van der Waals surface area contributed by atoms with E-state index in [1.807, 2.05) is 35.2 Å². The monoisotopic (exact) mass is 362 g/mol. The Morgan fingerprint density at radius 2 is 2.16 bits per heavy atom. The van der Waals surface area contributed by atoms with Crippen molar-refractivity contribution in [3.63, 3.8) is 0 Å². The van der Waals surface area contributed by atoms with Gasteiger partial charge in [-0.1, -0.05) is 41.9 Å². The van der Waals surface area contributed by atoms with E-state index in [1.165, 1.54) is 0 Å². The molecule has 1 aromatic carbocycles. The van der Waals surface area contributed by atoms with Gasteiger partial charge in [0.05, 0.1) is 6.10 Å². The van der Waals surface area contributed by atoms with Crippen LogP contribution in [0.1, 0.15) is 18.4 Å². The van der Waals surface area contributed by atoms with Crippen LogP contribution in [0.3, 0.4) is 0 Å². The van der Waals surface area contributed by atoms with Gasteiger partial charge in [-0.2, -0.15) is 4.98 Å². The third kappa shape index (κ3) is 5.04. The lowest BCUT2D eigenvalue weighted by Crippen LogP contribution is -2.38. The van der Waals surface area contributed by atoms with Gasteiger partial charge >= 0.3 is 6.09 Å². The summed E-state index contributed by atoms with van der Waals surface area (Å²) in [7, 11) is 0. The number of carbonyl (C=O) groups is 1. The van der Waals surface area contributed by atoms with E-state index in [2.05, 4.69) is 15.3 Å². The maximum absolute atomic E-state index is 11.9. The molecule has 0 aliphatic carbocycles. The van der Waals surface area contributed by atoms with Crippen LogP contribution in [-0.4, -0.2) is 40.4 Å². The Balaban J connectivity index is 1.62. The third-order valence-electron chi connectivity index (χ3n) is 3.83. The fourth-order valence-corrected chi connectivity index (χ4v) is 2.81. The minimum Gasteiger partial charge on any atom is -0.444 e. The van der Waals surface area contributed by atoms with Crippen molar-refractivity contribution in [1.82, 2.24) is 9.97 Å². The standard InChI is InChI=1S/C17H19ClN4O3/c18-14-9-15(22-8-4-7-13(23)10-22)20-16(19-14)21-17(24)25-11-12-5-2-1-3-6-12/h1-3,5-6,9,13,23H,4,7-8,10-11H2,(H,19,20,21,24). The number of ether oxygens (including phenoxy) is 1. The molecule has 0 saturated carbocycles. The molecule has 132 valence electrons. The summed E-state index contributed by atoms with van der Waals surface area (Å²) >= 11 is 6.03. The lowest BCUT2D eigenvalue weighted by Gasteiger charge is -2.31. The second-order valence-electron chi connectivity index (χ2n) is 5.80. The number of benzene rings is 1. The van der Waals surface area contributed by atoms with Crippen LogP contribution < -0.4 is 10.2 Å². The van der Waals surface area contributed by atoms with Crippen molar-refractivity contribution in [3.05, 3.63) is 47.1 Å². The molecule has 0 radical (unpaired) electrons. The Bertz CT molecular complexity index is 729. The second-order valence-corrected chi connectivity index (χ2v) is 6.19. The van der Waals surface area contributed by atoms with Gasteiger partial charge in [0.1, 0.15) is 17.6 Å². The molecule has 1 saturated heterocycles. The number of hydrogen-bond acceptors (Lipinski definition) is 6. The number of amides is 1. The molecule has 1 aliphatic rings. The average Bonchev–Trinajstić information content (AvgIpc) is 2.60. The first kappa shape index (κ1) is 17.4. The number of piperidine rings is 1. The summed E-state index contributed by atoms with van der Waals surface area (Å²) < 4.78 is 5.15. The maximum atomic E-state index is 11.9. The molecule has 8 heteroatoms. The number of aromatic nitrogens is 2. The average molecular weight is 363 g/mol. The zero-order chi connectivity index (χ0) is 17.6. The molecule has 0 spiro atoms. The van der Waals surface area contributed by atoms with Gasteiger partial charge in [-0.15, -0.1) is 0 Å². The summed E-state index contributed by atoms with van der Waals surface area (Å²) in [6.45, 7) is 1.39. The van der Waals surface area contributed by atoms with Crippen LogP contribution in [0.2, 0.25) is 5.15 Å². The topological polar surface area (TPSA) is 87.6 Å². The van der Waals surface area contributed by atoms with Crippen molar-refractivity contribution < 1.29 is 14.6 Å². The first-order valence-corrected chi connectivity index (χ1v) is 8.43. The van der Waals surface area contributed by atoms with E-state index in [1.54, 1.807) is 6.07 Å². The zero-order valence-corrected chi connectivity index (χ0v) is 14.3. The minimum absolute atomic E-state index is 0.0700. The second kappa shape index (κ2) is 8.13. The number of anilines is 2. The zero-order valence-electron chi connectivity index (χ0n) is 13.6. The number of nitrogens with one attached hydrogen (secondary N) is 1. The Kier molecular flexibility index (Phi) is 5.67. The van der Waals surface area contributed by atoms with E-state index in [0.29, 0.717) is 12.4 Å². The number of aliphatic hydroxyl groups is 1. The van der Waals surface area contributed by atoms with Crippen LogP contribution in [-0.2, 0) is 11.3 Å². The van der Waals surface area contributed by atoms with Gasteiger partial charge in [0.25, 0.3) is 0 Å². The van der Waals surface area contributed by atoms with E-state index in [0.717, 1.165) is 24.9 Å². The van der Waals surface area contributed by atoms with Crippen LogP contribution in [0, 0.1) is 0 Å². The molecule has 7 nitrogen and oxygen atoms in total. The molecular formula is C17H19ClN4O3. The van der Waals surface area contributed by atoms with Gasteiger partial charge in [-0.3, -0.25) is 5.32 Å². The van der Waals surface area contributed by atoms with Crippen molar-refractivity contribution in [1.29, 1.82) is 0 Å². The molecule has 0 bridgehead atoms. The predicted octanol–water partition coefficient (Wildman–Crippen LogP) is 2.84. The van der Waals surface area contributed by atoms with Crippen molar-refractivity contribution in [2.75, 3.05) is 23.3 Å². The summed E-state index contributed by atoms with van der Waals surface area (Å²) in [6.07, 6.45) is 0.585. The minimum atomic E-state index is -0.657. The van der Waals surface area contributed by atoms with Crippen molar-refractivity contribution >= 4 is 29.5 Å². The normalized spacial score (nSPS) is 17.2. The van der Waals surface area contributed by atoms with Crippen molar-refractivity contribution in [2.24, 2.45) is 0 Å². The van der Waals surface area contributed by atoms with Crippen LogP contribution in [0.4, 0.5) is 16.6 Å². The van der Waals surface area contributed by atoms with Gasteiger partial charge in [-0.05, 0) is 18.4 Å².